The Balaban J connectivity index is 1.71. The van der Waals surface area contributed by atoms with Crippen molar-refractivity contribution in [2.75, 3.05) is 11.4 Å². The van der Waals surface area contributed by atoms with Gasteiger partial charge in [-0.3, -0.25) is 9.59 Å². The molecule has 1 amide bonds. The Morgan fingerprint density at radius 1 is 0.969 bits per heavy atom. The molecular weight excluding hydrogens is 400 g/mol. The molecule has 0 saturated carbocycles. The van der Waals surface area contributed by atoms with Crippen LogP contribution >= 0.6 is 0 Å². The maximum atomic E-state index is 13.5. The third kappa shape index (κ3) is 3.38. The summed E-state index contributed by atoms with van der Waals surface area (Å²) in [5, 5.41) is 2.76. The van der Waals surface area contributed by atoms with Gasteiger partial charge in [0.05, 0.1) is 5.69 Å². The zero-order chi connectivity index (χ0) is 22.1. The normalized spacial score (nSPS) is 14.8. The Kier molecular flexibility index (Phi) is 5.07. The number of carbonyl (C=O) groups excluding carboxylic acids is 2. The Morgan fingerprint density at radius 2 is 1.66 bits per heavy atom. The minimum Gasteiger partial charge on any atom is -0.428 e. The van der Waals surface area contributed by atoms with E-state index in [-0.39, 0.29) is 11.8 Å². The molecule has 1 atom stereocenters. The van der Waals surface area contributed by atoms with Crippen LogP contribution in [0.2, 0.25) is 0 Å². The average Bonchev–Trinajstić information content (AvgIpc) is 3.38. The number of hydrogen-bond acceptors (Lipinski definition) is 3. The number of carbonyl (C=O) groups is 2. The van der Waals surface area contributed by atoms with Crippen molar-refractivity contribution in [3.05, 3.63) is 96.2 Å². The van der Waals surface area contributed by atoms with E-state index in [4.69, 9.17) is 4.74 Å². The number of H-pyrrole nitrogens is 1. The highest BCUT2D eigenvalue weighted by Crippen LogP contribution is 2.45. The molecule has 5 heteroatoms. The van der Waals surface area contributed by atoms with Gasteiger partial charge in [-0.2, -0.15) is 0 Å². The van der Waals surface area contributed by atoms with Gasteiger partial charge in [-0.05, 0) is 23.1 Å². The summed E-state index contributed by atoms with van der Waals surface area (Å²) in [5.41, 5.74) is 3.30. The molecule has 3 aromatic carbocycles. The number of para-hydroxylation sites is 1. The fraction of sp³-hybridized carbons (Fsp3) is 0.111. The Hall–Kier alpha value is -4.12. The van der Waals surface area contributed by atoms with Crippen molar-refractivity contribution in [3.8, 4) is 5.75 Å². The van der Waals surface area contributed by atoms with Gasteiger partial charge in [0.2, 0.25) is 0 Å². The third-order valence-electron chi connectivity index (χ3n) is 5.89. The van der Waals surface area contributed by atoms with Crippen LogP contribution in [0.1, 0.15) is 28.9 Å². The highest BCUT2D eigenvalue weighted by atomic mass is 16.5. The van der Waals surface area contributed by atoms with Gasteiger partial charge in [0.25, 0.3) is 12.4 Å². The van der Waals surface area contributed by atoms with Crippen LogP contribution in [0.5, 0.6) is 5.75 Å². The molecule has 0 radical (unpaired) electrons. The first-order chi connectivity index (χ1) is 15.7. The lowest BCUT2D eigenvalue weighted by molar-refractivity contribution is -0.120. The molecule has 1 aliphatic rings. The van der Waals surface area contributed by atoms with E-state index in [9.17, 15) is 9.59 Å². The fourth-order valence-electron chi connectivity index (χ4n) is 4.49. The molecule has 0 fully saturated rings. The van der Waals surface area contributed by atoms with Gasteiger partial charge in [-0.1, -0.05) is 73.7 Å². The highest BCUT2D eigenvalue weighted by molar-refractivity contribution is 6.11. The first-order valence-corrected chi connectivity index (χ1v) is 10.6. The summed E-state index contributed by atoms with van der Waals surface area (Å²) in [6, 6.07) is 27.1. The van der Waals surface area contributed by atoms with Crippen LogP contribution in [0.4, 0.5) is 5.69 Å². The zero-order valence-electron chi connectivity index (χ0n) is 17.6. The van der Waals surface area contributed by atoms with Crippen LogP contribution in [0.25, 0.3) is 21.7 Å². The largest absolute Gasteiger partial charge is 0.428 e. The topological polar surface area (TPSA) is 62.4 Å². The van der Waals surface area contributed by atoms with Crippen molar-refractivity contribution in [1.29, 1.82) is 0 Å². The van der Waals surface area contributed by atoms with Crippen LogP contribution in [-0.2, 0) is 4.79 Å². The second kappa shape index (κ2) is 8.19. The van der Waals surface area contributed by atoms with Crippen molar-refractivity contribution >= 4 is 39.7 Å². The van der Waals surface area contributed by atoms with Crippen molar-refractivity contribution in [1.82, 2.24) is 4.98 Å². The van der Waals surface area contributed by atoms with Crippen LogP contribution in [0.3, 0.4) is 0 Å². The van der Waals surface area contributed by atoms with Gasteiger partial charge in [0, 0.05) is 34.8 Å². The maximum Gasteiger partial charge on any atom is 0.298 e. The molecular formula is C27H22N2O3. The van der Waals surface area contributed by atoms with Crippen LogP contribution in [0.15, 0.2) is 84.9 Å². The van der Waals surface area contributed by atoms with Crippen molar-refractivity contribution < 1.29 is 14.3 Å². The van der Waals surface area contributed by atoms with Gasteiger partial charge >= 0.3 is 0 Å². The average molecular weight is 422 g/mol. The van der Waals surface area contributed by atoms with E-state index in [1.54, 1.807) is 11.0 Å². The van der Waals surface area contributed by atoms with Gasteiger partial charge in [-0.15, -0.1) is 0 Å². The fourth-order valence-corrected chi connectivity index (χ4v) is 4.49. The maximum absolute atomic E-state index is 13.5. The van der Waals surface area contributed by atoms with E-state index >= 15 is 0 Å². The summed E-state index contributed by atoms with van der Waals surface area (Å²) in [4.78, 5) is 29.8. The molecule has 158 valence electrons. The number of anilines is 1. The number of rotatable bonds is 3. The standard InChI is InChI=1S/C27H22N2O3/c1-18-16-29(27(31)23-14-19-10-8-9-13-22(19)28-23)24-15-25(32-17-30)20-11-6-4-2-3-5-7-12-21(20)26(18)24/h2-15,17-18,28H,16H2,1H3. The molecule has 1 N–H and O–H groups in total. The number of nitrogens with one attached hydrogen (secondary N) is 1. The monoisotopic (exact) mass is 422 g/mol. The molecule has 4 aromatic rings. The quantitative estimate of drug-likeness (QED) is 0.428. The number of nitrogens with zero attached hydrogens (tertiary/aromatic N) is 1. The Morgan fingerprint density at radius 3 is 2.41 bits per heavy atom. The highest BCUT2D eigenvalue weighted by Gasteiger charge is 2.33. The molecule has 1 aliphatic heterocycles. The number of hydrogen-bond donors (Lipinski definition) is 1. The van der Waals surface area contributed by atoms with Crippen molar-refractivity contribution in [3.63, 3.8) is 0 Å². The molecule has 0 spiro atoms. The number of benzene rings is 2. The number of amides is 1. The first kappa shape index (κ1) is 19.8. The second-order valence-corrected chi connectivity index (χ2v) is 7.92. The summed E-state index contributed by atoms with van der Waals surface area (Å²) in [7, 11) is 0. The second-order valence-electron chi connectivity index (χ2n) is 7.92. The van der Waals surface area contributed by atoms with Gasteiger partial charge in [-0.25, -0.2) is 0 Å². The molecule has 32 heavy (non-hydrogen) atoms. The predicted octanol–water partition coefficient (Wildman–Crippen LogP) is 5.74. The summed E-state index contributed by atoms with van der Waals surface area (Å²) in [6.45, 7) is 3.09. The number of aromatic amines is 1. The van der Waals surface area contributed by atoms with E-state index in [1.807, 2.05) is 78.9 Å². The smallest absolute Gasteiger partial charge is 0.298 e. The Labute approximate surface area is 185 Å². The molecule has 0 saturated heterocycles. The predicted molar refractivity (Wildman–Crippen MR) is 127 cm³/mol. The Bertz CT molecular complexity index is 1370. The summed E-state index contributed by atoms with van der Waals surface area (Å²) in [6.07, 6.45) is 0. The molecule has 0 aliphatic carbocycles. The van der Waals surface area contributed by atoms with Crippen molar-refractivity contribution in [2.45, 2.75) is 12.8 Å². The summed E-state index contributed by atoms with van der Waals surface area (Å²) in [5.74, 6) is 0.444. The van der Waals surface area contributed by atoms with Crippen LogP contribution in [-0.4, -0.2) is 23.9 Å². The van der Waals surface area contributed by atoms with E-state index in [0.717, 1.165) is 32.9 Å². The van der Waals surface area contributed by atoms with E-state index in [2.05, 4.69) is 11.9 Å². The molecule has 2 heterocycles. The summed E-state index contributed by atoms with van der Waals surface area (Å²) >= 11 is 0. The van der Waals surface area contributed by atoms with Gasteiger partial charge in [0.1, 0.15) is 11.4 Å². The van der Waals surface area contributed by atoms with E-state index in [0.29, 0.717) is 24.5 Å². The SMILES string of the molecule is CC1CN(C(=O)c2cc3ccccc3[nH]2)c2cc(OC=O)c3ccccccccc3c21. The number of fused-ring (bicyclic) bond motifs is 4. The molecule has 1 unspecified atom stereocenters. The lowest BCUT2D eigenvalue weighted by Gasteiger charge is -2.18. The zero-order valence-corrected chi connectivity index (χ0v) is 17.6. The number of ether oxygens (including phenoxy) is 1. The lowest BCUT2D eigenvalue weighted by atomic mass is 9.96. The third-order valence-corrected chi connectivity index (χ3v) is 5.89. The molecule has 0 bridgehead atoms. The lowest BCUT2D eigenvalue weighted by Crippen LogP contribution is -2.29. The minimum absolute atomic E-state index is 0.106. The van der Waals surface area contributed by atoms with E-state index in [1.165, 1.54) is 0 Å². The minimum atomic E-state index is -0.106. The first-order valence-electron chi connectivity index (χ1n) is 10.6. The molecule has 5 rings (SSSR count). The molecule has 5 nitrogen and oxygen atoms in total. The summed E-state index contributed by atoms with van der Waals surface area (Å²) < 4.78 is 5.36. The van der Waals surface area contributed by atoms with Crippen LogP contribution in [0, 0.1) is 0 Å². The van der Waals surface area contributed by atoms with Crippen molar-refractivity contribution in [2.24, 2.45) is 0 Å². The van der Waals surface area contributed by atoms with Gasteiger partial charge in [0.15, 0.2) is 0 Å². The molecule has 1 aromatic heterocycles. The van der Waals surface area contributed by atoms with E-state index < -0.39 is 0 Å². The van der Waals surface area contributed by atoms with Gasteiger partial charge < -0.3 is 14.6 Å². The van der Waals surface area contributed by atoms with Crippen LogP contribution < -0.4 is 9.64 Å². The number of aromatic nitrogens is 1.